The summed E-state index contributed by atoms with van der Waals surface area (Å²) in [4.78, 5) is 40.0. The molecule has 0 unspecified atom stereocenters. The van der Waals surface area contributed by atoms with Gasteiger partial charge in [-0.15, -0.1) is 11.3 Å². The number of hydrogen-bond donors (Lipinski definition) is 1. The normalized spacial score (nSPS) is 13.9. The molecule has 0 aliphatic carbocycles. The van der Waals surface area contributed by atoms with Crippen LogP contribution in [0, 0.1) is 6.92 Å². The third-order valence-corrected chi connectivity index (χ3v) is 6.03. The summed E-state index contributed by atoms with van der Waals surface area (Å²) in [5, 5.41) is 3.17. The smallest absolute Gasteiger partial charge is 0.341 e. The molecule has 1 saturated heterocycles. The molecule has 2 aromatic rings. The predicted molar refractivity (Wildman–Crippen MR) is 109 cm³/mol. The number of likely N-dealkylation sites (tertiary alicyclic amines) is 1. The van der Waals surface area contributed by atoms with E-state index in [1.165, 1.54) is 7.11 Å². The van der Waals surface area contributed by atoms with Gasteiger partial charge >= 0.3 is 5.97 Å². The van der Waals surface area contributed by atoms with E-state index in [-0.39, 0.29) is 23.8 Å². The number of anilines is 1. The number of piperidine rings is 1. The van der Waals surface area contributed by atoms with E-state index in [4.69, 9.17) is 4.74 Å². The minimum atomic E-state index is -0.554. The molecule has 1 aliphatic rings. The number of ether oxygens (including phenoxy) is 1. The van der Waals surface area contributed by atoms with Crippen molar-refractivity contribution in [2.45, 2.75) is 32.6 Å². The summed E-state index contributed by atoms with van der Waals surface area (Å²) in [7, 11) is 1.29. The fourth-order valence-electron chi connectivity index (χ4n) is 3.35. The van der Waals surface area contributed by atoms with E-state index in [0.29, 0.717) is 15.4 Å². The number of hydrogen-bond acceptors (Lipinski definition) is 5. The maximum atomic E-state index is 12.9. The van der Waals surface area contributed by atoms with Gasteiger partial charge in [-0.2, -0.15) is 0 Å². The van der Waals surface area contributed by atoms with Gasteiger partial charge in [0.1, 0.15) is 5.00 Å². The van der Waals surface area contributed by atoms with Crippen LogP contribution in [0.15, 0.2) is 30.3 Å². The summed E-state index contributed by atoms with van der Waals surface area (Å²) in [5.41, 5.74) is 1.69. The van der Waals surface area contributed by atoms with E-state index in [0.717, 1.165) is 49.3 Å². The molecular weight excluding hydrogens is 376 g/mol. The number of amides is 2. The van der Waals surface area contributed by atoms with Crippen LogP contribution in [0.1, 0.15) is 50.4 Å². The van der Waals surface area contributed by atoms with Crippen LogP contribution in [0.25, 0.3) is 0 Å². The van der Waals surface area contributed by atoms with Gasteiger partial charge in [-0.25, -0.2) is 4.79 Å². The summed E-state index contributed by atoms with van der Waals surface area (Å²) in [5.74, 6) is -0.882. The minimum absolute atomic E-state index is 0.0871. The van der Waals surface area contributed by atoms with Gasteiger partial charge in [-0.05, 0) is 37.3 Å². The van der Waals surface area contributed by atoms with Crippen molar-refractivity contribution in [3.63, 3.8) is 0 Å². The first-order valence-corrected chi connectivity index (χ1v) is 10.2. The standard InChI is InChI=1S/C21H24N2O4S/c1-14-17(21(26)27-2)19(22-16(24)13-15-9-5-3-6-10-15)28-18(14)20(25)23-11-7-4-8-12-23/h3,5-6,9-10H,4,7-8,11-13H2,1-2H3,(H,22,24). The lowest BCUT2D eigenvalue weighted by Crippen LogP contribution is -2.35. The van der Waals surface area contributed by atoms with E-state index in [1.54, 1.807) is 6.92 Å². The number of rotatable bonds is 5. The van der Waals surface area contributed by atoms with Crippen LogP contribution in [0.3, 0.4) is 0 Å². The van der Waals surface area contributed by atoms with Crippen LogP contribution in [0.4, 0.5) is 5.00 Å². The van der Waals surface area contributed by atoms with Crippen molar-refractivity contribution in [2.24, 2.45) is 0 Å². The van der Waals surface area contributed by atoms with E-state index in [1.807, 2.05) is 35.2 Å². The van der Waals surface area contributed by atoms with Gasteiger partial charge in [0.25, 0.3) is 5.91 Å². The SMILES string of the molecule is COC(=O)c1c(NC(=O)Cc2ccccc2)sc(C(=O)N2CCCCC2)c1C. The van der Waals surface area contributed by atoms with Crippen molar-refractivity contribution in [2.75, 3.05) is 25.5 Å². The Morgan fingerprint density at radius 2 is 1.79 bits per heavy atom. The van der Waals surface area contributed by atoms with Crippen molar-refractivity contribution in [3.05, 3.63) is 51.9 Å². The summed E-state index contributed by atoms with van der Waals surface area (Å²) in [6.07, 6.45) is 3.29. The Bertz CT molecular complexity index is 870. The Morgan fingerprint density at radius 3 is 2.43 bits per heavy atom. The number of methoxy groups -OCH3 is 1. The molecule has 0 saturated carbocycles. The van der Waals surface area contributed by atoms with Crippen LogP contribution in [-0.2, 0) is 16.0 Å². The number of benzene rings is 1. The van der Waals surface area contributed by atoms with Crippen molar-refractivity contribution in [1.82, 2.24) is 4.90 Å². The van der Waals surface area contributed by atoms with Crippen LogP contribution < -0.4 is 5.32 Å². The molecule has 0 radical (unpaired) electrons. The van der Waals surface area contributed by atoms with Gasteiger partial charge in [0.05, 0.1) is 24.0 Å². The molecule has 0 atom stereocenters. The van der Waals surface area contributed by atoms with Crippen molar-refractivity contribution < 1.29 is 19.1 Å². The maximum absolute atomic E-state index is 12.9. The fraction of sp³-hybridized carbons (Fsp3) is 0.381. The highest BCUT2D eigenvalue weighted by atomic mass is 32.1. The average Bonchev–Trinajstić information content (AvgIpc) is 3.03. The molecule has 2 heterocycles. The number of thiophene rings is 1. The summed E-state index contributed by atoms with van der Waals surface area (Å²) in [6.45, 7) is 3.17. The Balaban J connectivity index is 1.85. The molecule has 1 aromatic carbocycles. The van der Waals surface area contributed by atoms with Crippen LogP contribution in [0.2, 0.25) is 0 Å². The highest BCUT2D eigenvalue weighted by Crippen LogP contribution is 2.35. The number of carbonyl (C=O) groups excluding carboxylic acids is 3. The molecule has 6 nitrogen and oxygen atoms in total. The van der Waals surface area contributed by atoms with E-state index >= 15 is 0 Å². The largest absolute Gasteiger partial charge is 0.465 e. The van der Waals surface area contributed by atoms with Crippen molar-refractivity contribution in [3.8, 4) is 0 Å². The molecule has 148 valence electrons. The minimum Gasteiger partial charge on any atom is -0.465 e. The average molecular weight is 401 g/mol. The van der Waals surface area contributed by atoms with E-state index < -0.39 is 5.97 Å². The Labute approximate surface area is 168 Å². The number of esters is 1. The molecule has 1 aliphatic heterocycles. The molecule has 1 fully saturated rings. The predicted octanol–water partition coefficient (Wildman–Crippen LogP) is 3.65. The molecular formula is C21H24N2O4S. The molecule has 28 heavy (non-hydrogen) atoms. The molecule has 0 spiro atoms. The molecule has 3 rings (SSSR count). The third kappa shape index (κ3) is 4.42. The summed E-state index contributed by atoms with van der Waals surface area (Å²) >= 11 is 1.15. The second-order valence-corrected chi connectivity index (χ2v) is 7.84. The Morgan fingerprint density at radius 1 is 1.11 bits per heavy atom. The highest BCUT2D eigenvalue weighted by molar-refractivity contribution is 7.18. The highest BCUT2D eigenvalue weighted by Gasteiger charge is 2.29. The van der Waals surface area contributed by atoms with Gasteiger partial charge in [0, 0.05) is 13.1 Å². The lowest BCUT2D eigenvalue weighted by Gasteiger charge is -2.26. The number of nitrogens with one attached hydrogen (secondary N) is 1. The van der Waals surface area contributed by atoms with Gasteiger partial charge in [0.15, 0.2) is 0 Å². The zero-order valence-corrected chi connectivity index (χ0v) is 16.9. The Hall–Kier alpha value is -2.67. The lowest BCUT2D eigenvalue weighted by atomic mass is 10.1. The molecule has 1 N–H and O–H groups in total. The molecule has 7 heteroatoms. The van der Waals surface area contributed by atoms with E-state index in [9.17, 15) is 14.4 Å². The second kappa shape index (κ2) is 9.01. The first-order chi connectivity index (χ1) is 13.5. The monoisotopic (exact) mass is 400 g/mol. The summed E-state index contributed by atoms with van der Waals surface area (Å²) < 4.78 is 4.89. The van der Waals surface area contributed by atoms with Crippen molar-refractivity contribution in [1.29, 1.82) is 0 Å². The molecule has 0 bridgehead atoms. The van der Waals surface area contributed by atoms with Gasteiger partial charge in [-0.1, -0.05) is 30.3 Å². The van der Waals surface area contributed by atoms with Crippen LogP contribution in [-0.4, -0.2) is 42.9 Å². The van der Waals surface area contributed by atoms with Crippen LogP contribution in [0.5, 0.6) is 0 Å². The van der Waals surface area contributed by atoms with Gasteiger partial charge < -0.3 is 15.0 Å². The van der Waals surface area contributed by atoms with E-state index in [2.05, 4.69) is 5.32 Å². The lowest BCUT2D eigenvalue weighted by molar-refractivity contribution is -0.115. The second-order valence-electron chi connectivity index (χ2n) is 6.82. The zero-order valence-electron chi connectivity index (χ0n) is 16.1. The zero-order chi connectivity index (χ0) is 20.1. The molecule has 1 aromatic heterocycles. The third-order valence-electron chi connectivity index (χ3n) is 4.83. The number of carbonyl (C=O) groups is 3. The quantitative estimate of drug-likeness (QED) is 0.778. The van der Waals surface area contributed by atoms with Gasteiger partial charge in [-0.3, -0.25) is 9.59 Å². The van der Waals surface area contributed by atoms with Crippen molar-refractivity contribution >= 4 is 34.1 Å². The molecule has 2 amide bonds. The maximum Gasteiger partial charge on any atom is 0.341 e. The first-order valence-electron chi connectivity index (χ1n) is 9.36. The van der Waals surface area contributed by atoms with Gasteiger partial charge in [0.2, 0.25) is 5.91 Å². The first kappa shape index (κ1) is 20.1. The fourth-order valence-corrected chi connectivity index (χ4v) is 4.53. The Kier molecular flexibility index (Phi) is 6.46. The topological polar surface area (TPSA) is 75.7 Å². The number of nitrogens with zero attached hydrogens (tertiary/aromatic N) is 1. The van der Waals surface area contributed by atoms with Crippen LogP contribution >= 0.6 is 11.3 Å². The summed E-state index contributed by atoms with van der Waals surface area (Å²) in [6, 6.07) is 9.36.